The van der Waals surface area contributed by atoms with E-state index in [1.165, 1.54) is 30.5 Å². The van der Waals surface area contributed by atoms with Gasteiger partial charge in [0.05, 0.1) is 0 Å². The van der Waals surface area contributed by atoms with Crippen LogP contribution in [0.15, 0.2) is 18.2 Å². The number of anilines is 1. The average Bonchev–Trinajstić information content (AvgIpc) is 2.50. The zero-order valence-corrected chi connectivity index (χ0v) is 14.4. The molecule has 1 aromatic rings. The third-order valence-corrected chi connectivity index (χ3v) is 5.58. The van der Waals surface area contributed by atoms with E-state index in [2.05, 4.69) is 43.9 Å². The quantitative estimate of drug-likeness (QED) is 0.859. The fourth-order valence-corrected chi connectivity index (χ4v) is 3.24. The topological polar surface area (TPSA) is 29.3 Å². The molecule has 1 aliphatic heterocycles. The van der Waals surface area contributed by atoms with Crippen LogP contribution in [0.3, 0.4) is 0 Å². The van der Waals surface area contributed by atoms with Gasteiger partial charge in [-0.2, -0.15) is 0 Å². The smallest absolute Gasteiger partial charge is 0.0459 e. The fourth-order valence-electron chi connectivity index (χ4n) is 2.98. The maximum atomic E-state index is 6.45. The first-order chi connectivity index (χ1) is 9.97. The lowest BCUT2D eigenvalue weighted by Gasteiger charge is -2.40. The molecule has 1 fully saturated rings. The van der Waals surface area contributed by atoms with Gasteiger partial charge in [-0.15, -0.1) is 0 Å². The van der Waals surface area contributed by atoms with E-state index >= 15 is 0 Å². The molecule has 1 saturated heterocycles. The van der Waals surface area contributed by atoms with E-state index in [1.54, 1.807) is 0 Å². The highest BCUT2D eigenvalue weighted by molar-refractivity contribution is 6.31. The molecule has 0 spiro atoms. The largest absolute Gasteiger partial charge is 0.371 e. The maximum absolute atomic E-state index is 6.45. The third-order valence-electron chi connectivity index (χ3n) is 5.23. The van der Waals surface area contributed by atoms with Crippen molar-refractivity contribution in [3.05, 3.63) is 28.8 Å². The Labute approximate surface area is 134 Å². The van der Waals surface area contributed by atoms with Crippen molar-refractivity contribution in [1.82, 2.24) is 0 Å². The summed E-state index contributed by atoms with van der Waals surface area (Å²) in [5.41, 5.74) is 8.98. The summed E-state index contributed by atoms with van der Waals surface area (Å²) in [6, 6.07) is 6.68. The Morgan fingerprint density at radius 2 is 1.95 bits per heavy atom. The minimum atomic E-state index is 0.202. The molecule has 3 heteroatoms. The monoisotopic (exact) mass is 308 g/mol. The van der Waals surface area contributed by atoms with Gasteiger partial charge < -0.3 is 10.6 Å². The van der Waals surface area contributed by atoms with Crippen molar-refractivity contribution in [1.29, 1.82) is 0 Å². The van der Waals surface area contributed by atoms with Crippen molar-refractivity contribution in [2.24, 2.45) is 11.1 Å². The molecule has 0 aliphatic carbocycles. The highest BCUT2D eigenvalue weighted by Gasteiger charge is 2.28. The second-order valence-electron chi connectivity index (χ2n) is 6.80. The molecular weight excluding hydrogens is 280 g/mol. The lowest BCUT2D eigenvalue weighted by atomic mass is 9.78. The summed E-state index contributed by atoms with van der Waals surface area (Å²) in [4.78, 5) is 2.47. The van der Waals surface area contributed by atoms with E-state index < -0.39 is 0 Å². The molecule has 1 heterocycles. The Balaban J connectivity index is 2.04. The molecule has 0 saturated carbocycles. The Morgan fingerprint density at radius 3 is 2.48 bits per heavy atom. The van der Waals surface area contributed by atoms with Crippen LogP contribution in [0, 0.1) is 5.41 Å². The van der Waals surface area contributed by atoms with Gasteiger partial charge in [0.25, 0.3) is 0 Å². The molecule has 1 aromatic carbocycles. The second kappa shape index (κ2) is 7.02. The van der Waals surface area contributed by atoms with Crippen molar-refractivity contribution in [3.63, 3.8) is 0 Å². The molecule has 2 N–H and O–H groups in total. The van der Waals surface area contributed by atoms with Gasteiger partial charge >= 0.3 is 0 Å². The maximum Gasteiger partial charge on any atom is 0.0459 e. The van der Waals surface area contributed by atoms with Gasteiger partial charge in [0.2, 0.25) is 0 Å². The van der Waals surface area contributed by atoms with Crippen molar-refractivity contribution in [2.75, 3.05) is 18.0 Å². The Bertz CT molecular complexity index is 464. The van der Waals surface area contributed by atoms with Gasteiger partial charge in [0.15, 0.2) is 0 Å². The first-order valence-electron chi connectivity index (χ1n) is 8.26. The molecule has 0 bridgehead atoms. The van der Waals surface area contributed by atoms with Crippen molar-refractivity contribution < 1.29 is 0 Å². The zero-order chi connectivity index (χ0) is 15.5. The van der Waals surface area contributed by atoms with Crippen LogP contribution in [0.2, 0.25) is 5.02 Å². The predicted octanol–water partition coefficient (Wildman–Crippen LogP) is 4.64. The molecule has 1 aliphatic rings. The Morgan fingerprint density at radius 1 is 1.29 bits per heavy atom. The van der Waals surface area contributed by atoms with Gasteiger partial charge in [0.1, 0.15) is 0 Å². The average molecular weight is 309 g/mol. The van der Waals surface area contributed by atoms with E-state index in [9.17, 15) is 0 Å². The van der Waals surface area contributed by atoms with E-state index in [0.29, 0.717) is 5.41 Å². The molecule has 2 rings (SSSR count). The minimum Gasteiger partial charge on any atom is -0.371 e. The molecule has 0 amide bonds. The Hall–Kier alpha value is -0.730. The molecule has 2 nitrogen and oxygen atoms in total. The lowest BCUT2D eigenvalue weighted by molar-refractivity contribution is 0.238. The van der Waals surface area contributed by atoms with E-state index in [0.717, 1.165) is 31.0 Å². The van der Waals surface area contributed by atoms with Crippen molar-refractivity contribution >= 4 is 17.3 Å². The normalized spacial score (nSPS) is 19.6. The SMILES string of the molecule is CCC(N)Cc1ccc(N2CCC(C)(CC)CC2)cc1Cl. The number of piperidine rings is 1. The van der Waals surface area contributed by atoms with E-state index in [4.69, 9.17) is 17.3 Å². The standard InChI is InChI=1S/C18H29ClN2/c1-4-15(20)12-14-6-7-16(13-17(14)19)21-10-8-18(3,5-2)9-11-21/h6-7,13,15H,4-5,8-12,20H2,1-3H3. The summed E-state index contributed by atoms with van der Waals surface area (Å²) < 4.78 is 0. The van der Waals surface area contributed by atoms with Crippen LogP contribution in [-0.4, -0.2) is 19.1 Å². The molecular formula is C18H29ClN2. The third kappa shape index (κ3) is 4.14. The predicted molar refractivity (Wildman–Crippen MR) is 93.3 cm³/mol. The van der Waals surface area contributed by atoms with Gasteiger partial charge in [-0.1, -0.05) is 44.9 Å². The van der Waals surface area contributed by atoms with Crippen LogP contribution in [0.1, 0.15) is 52.0 Å². The summed E-state index contributed by atoms with van der Waals surface area (Å²) in [6.07, 6.45) is 5.66. The van der Waals surface area contributed by atoms with E-state index in [1.807, 2.05) is 0 Å². The van der Waals surface area contributed by atoms with E-state index in [-0.39, 0.29) is 6.04 Å². The molecule has 1 unspecified atom stereocenters. The van der Waals surface area contributed by atoms with Crippen LogP contribution in [0.4, 0.5) is 5.69 Å². The Kier molecular flexibility index (Phi) is 5.56. The number of nitrogens with zero attached hydrogens (tertiary/aromatic N) is 1. The molecule has 0 aromatic heterocycles. The van der Waals surface area contributed by atoms with Crippen LogP contribution >= 0.6 is 11.6 Å². The highest BCUT2D eigenvalue weighted by Crippen LogP contribution is 2.36. The number of halogens is 1. The van der Waals surface area contributed by atoms with Gasteiger partial charge in [0, 0.05) is 29.8 Å². The molecule has 1 atom stereocenters. The van der Waals surface area contributed by atoms with Crippen molar-refractivity contribution in [2.45, 2.75) is 58.9 Å². The number of hydrogen-bond donors (Lipinski definition) is 1. The summed E-state index contributed by atoms with van der Waals surface area (Å²) >= 11 is 6.45. The first-order valence-corrected chi connectivity index (χ1v) is 8.64. The first kappa shape index (κ1) is 16.6. The number of benzene rings is 1. The fraction of sp³-hybridized carbons (Fsp3) is 0.667. The van der Waals surface area contributed by atoms with Crippen LogP contribution in [0.25, 0.3) is 0 Å². The molecule has 118 valence electrons. The zero-order valence-electron chi connectivity index (χ0n) is 13.7. The van der Waals surface area contributed by atoms with Crippen LogP contribution < -0.4 is 10.6 Å². The number of rotatable bonds is 5. The van der Waals surface area contributed by atoms with Crippen LogP contribution in [0.5, 0.6) is 0 Å². The second-order valence-corrected chi connectivity index (χ2v) is 7.21. The van der Waals surface area contributed by atoms with Gasteiger partial charge in [-0.3, -0.25) is 0 Å². The lowest BCUT2D eigenvalue weighted by Crippen LogP contribution is -2.38. The highest BCUT2D eigenvalue weighted by atomic mass is 35.5. The summed E-state index contributed by atoms with van der Waals surface area (Å²) in [6.45, 7) is 9.10. The number of nitrogens with two attached hydrogens (primary N) is 1. The minimum absolute atomic E-state index is 0.202. The summed E-state index contributed by atoms with van der Waals surface area (Å²) in [5.74, 6) is 0. The molecule has 21 heavy (non-hydrogen) atoms. The van der Waals surface area contributed by atoms with Gasteiger partial charge in [-0.05, 0) is 48.8 Å². The summed E-state index contributed by atoms with van der Waals surface area (Å²) in [7, 11) is 0. The van der Waals surface area contributed by atoms with Gasteiger partial charge in [-0.25, -0.2) is 0 Å². The number of hydrogen-bond acceptors (Lipinski definition) is 2. The van der Waals surface area contributed by atoms with Crippen molar-refractivity contribution in [3.8, 4) is 0 Å². The summed E-state index contributed by atoms with van der Waals surface area (Å²) in [5, 5.41) is 0.861. The molecule has 0 radical (unpaired) electrons. The van der Waals surface area contributed by atoms with Crippen LogP contribution in [-0.2, 0) is 6.42 Å².